The molecule has 1 aliphatic heterocycles. The summed E-state index contributed by atoms with van der Waals surface area (Å²) in [5.74, 6) is 0.233. The lowest BCUT2D eigenvalue weighted by Crippen LogP contribution is -2.41. The van der Waals surface area contributed by atoms with Crippen molar-refractivity contribution in [1.29, 1.82) is 0 Å². The van der Waals surface area contributed by atoms with Gasteiger partial charge in [0.15, 0.2) is 13.2 Å². The van der Waals surface area contributed by atoms with Crippen LogP contribution in [0.2, 0.25) is 0 Å². The number of benzene rings is 2. The van der Waals surface area contributed by atoms with E-state index in [2.05, 4.69) is 19.2 Å². The Morgan fingerprint density at radius 2 is 1.76 bits per heavy atom. The average Bonchev–Trinajstić information content (AvgIpc) is 3.04. The second-order valence-corrected chi connectivity index (χ2v) is 7.10. The number of carbonyl (C=O) groups is 3. The fraction of sp³-hybridized carbons (Fsp3) is 0.318. The Hall–Kier alpha value is -3.35. The molecule has 1 fully saturated rings. The van der Waals surface area contributed by atoms with Crippen molar-refractivity contribution in [2.75, 3.05) is 19.8 Å². The van der Waals surface area contributed by atoms with E-state index in [1.54, 1.807) is 0 Å². The summed E-state index contributed by atoms with van der Waals surface area (Å²) in [5.41, 5.74) is 1.96. The van der Waals surface area contributed by atoms with Crippen LogP contribution in [0.25, 0.3) is 0 Å². The number of ether oxygens (including phenoxy) is 2. The number of imide groups is 1. The third kappa shape index (κ3) is 5.34. The summed E-state index contributed by atoms with van der Waals surface area (Å²) in [6.07, 6.45) is -0.702. The van der Waals surface area contributed by atoms with Gasteiger partial charge in [0.1, 0.15) is 5.75 Å². The maximum Gasteiger partial charge on any atom is 0.417 e. The summed E-state index contributed by atoms with van der Waals surface area (Å²) in [6, 6.07) is 16.2. The zero-order chi connectivity index (χ0) is 20.8. The lowest BCUT2D eigenvalue weighted by atomic mass is 10.0. The highest BCUT2D eigenvalue weighted by molar-refractivity contribution is 5.97. The minimum atomic E-state index is -0.702. The van der Waals surface area contributed by atoms with Crippen molar-refractivity contribution in [2.45, 2.75) is 25.8 Å². The predicted octanol–water partition coefficient (Wildman–Crippen LogP) is 3.03. The number of hydrogen-bond donors (Lipinski definition) is 1. The van der Waals surface area contributed by atoms with E-state index in [9.17, 15) is 14.4 Å². The molecule has 2 aromatic rings. The molecule has 2 aromatic carbocycles. The highest BCUT2D eigenvalue weighted by atomic mass is 16.6. The summed E-state index contributed by atoms with van der Waals surface area (Å²) in [7, 11) is 0. The number of nitrogens with one attached hydrogen (secondary N) is 1. The van der Waals surface area contributed by atoms with Crippen LogP contribution in [0.3, 0.4) is 0 Å². The van der Waals surface area contributed by atoms with Crippen LogP contribution < -0.4 is 10.1 Å². The molecule has 0 aliphatic carbocycles. The summed E-state index contributed by atoms with van der Waals surface area (Å²) in [5, 5.41) is 2.84. The maximum absolute atomic E-state index is 12.5. The second-order valence-electron chi connectivity index (χ2n) is 7.10. The molecule has 29 heavy (non-hydrogen) atoms. The number of amides is 3. The molecule has 1 atom stereocenters. The first-order valence-corrected chi connectivity index (χ1v) is 9.48. The monoisotopic (exact) mass is 396 g/mol. The molecule has 1 N–H and O–H groups in total. The lowest BCUT2D eigenvalue weighted by molar-refractivity contribution is -0.128. The molecule has 7 nitrogen and oxygen atoms in total. The maximum atomic E-state index is 12.5. The van der Waals surface area contributed by atoms with Crippen LogP contribution in [0, 0.1) is 0 Å². The first kappa shape index (κ1) is 20.4. The SMILES string of the molecule is CC(C)c1ccc(OCC(=O)NC(CN2C(=O)COC2=O)c2ccccc2)cc1. The van der Waals surface area contributed by atoms with Crippen molar-refractivity contribution in [1.82, 2.24) is 10.2 Å². The van der Waals surface area contributed by atoms with E-state index in [0.29, 0.717) is 11.7 Å². The Bertz CT molecular complexity index is 849. The van der Waals surface area contributed by atoms with E-state index in [1.807, 2.05) is 54.6 Å². The molecule has 1 aliphatic rings. The van der Waals surface area contributed by atoms with Crippen LogP contribution in [0.4, 0.5) is 4.79 Å². The van der Waals surface area contributed by atoms with Crippen LogP contribution in [0.1, 0.15) is 36.9 Å². The number of rotatable bonds is 8. The van der Waals surface area contributed by atoms with Gasteiger partial charge < -0.3 is 14.8 Å². The van der Waals surface area contributed by atoms with Gasteiger partial charge in [-0.05, 0) is 29.2 Å². The van der Waals surface area contributed by atoms with Gasteiger partial charge in [-0.25, -0.2) is 9.69 Å². The van der Waals surface area contributed by atoms with E-state index in [0.717, 1.165) is 10.5 Å². The lowest BCUT2D eigenvalue weighted by Gasteiger charge is -2.23. The topological polar surface area (TPSA) is 84.9 Å². The molecule has 1 unspecified atom stereocenters. The Kier molecular flexibility index (Phi) is 6.49. The molecule has 7 heteroatoms. The van der Waals surface area contributed by atoms with Gasteiger partial charge in [0.25, 0.3) is 11.8 Å². The van der Waals surface area contributed by atoms with E-state index < -0.39 is 18.0 Å². The first-order valence-electron chi connectivity index (χ1n) is 9.48. The third-order valence-electron chi connectivity index (χ3n) is 4.66. The molecule has 0 spiro atoms. The molecule has 152 valence electrons. The van der Waals surface area contributed by atoms with Crippen molar-refractivity contribution >= 4 is 17.9 Å². The number of nitrogens with zero attached hydrogens (tertiary/aromatic N) is 1. The van der Waals surface area contributed by atoms with E-state index in [-0.39, 0.29) is 25.7 Å². The Labute approximate surface area is 169 Å². The average molecular weight is 396 g/mol. The molecule has 1 saturated heterocycles. The molecule has 3 rings (SSSR count). The molecule has 0 saturated carbocycles. The Morgan fingerprint density at radius 1 is 1.07 bits per heavy atom. The van der Waals surface area contributed by atoms with Crippen LogP contribution >= 0.6 is 0 Å². The smallest absolute Gasteiger partial charge is 0.417 e. The molecular weight excluding hydrogens is 372 g/mol. The van der Waals surface area contributed by atoms with Crippen molar-refractivity contribution in [3.05, 3.63) is 65.7 Å². The minimum Gasteiger partial charge on any atom is -0.484 e. The van der Waals surface area contributed by atoms with Crippen LogP contribution in [0.15, 0.2) is 54.6 Å². The fourth-order valence-corrected chi connectivity index (χ4v) is 2.99. The van der Waals surface area contributed by atoms with Crippen LogP contribution in [-0.2, 0) is 14.3 Å². The molecule has 1 heterocycles. The molecule has 0 bridgehead atoms. The summed E-state index contributed by atoms with van der Waals surface area (Å²) in [4.78, 5) is 37.1. The molecular formula is C22H24N2O5. The number of cyclic esters (lactones) is 1. The predicted molar refractivity (Wildman–Crippen MR) is 106 cm³/mol. The molecule has 0 radical (unpaired) electrons. The standard InChI is InChI=1S/C22H24N2O5/c1-15(2)16-8-10-18(11-9-16)28-13-20(25)23-19(17-6-4-3-5-7-17)12-24-21(26)14-29-22(24)27/h3-11,15,19H,12-14H2,1-2H3,(H,23,25). The zero-order valence-corrected chi connectivity index (χ0v) is 16.5. The second kappa shape index (κ2) is 9.23. The molecule has 3 amide bonds. The van der Waals surface area contributed by atoms with E-state index >= 15 is 0 Å². The first-order chi connectivity index (χ1) is 13.9. The summed E-state index contributed by atoms with van der Waals surface area (Å²) >= 11 is 0. The Morgan fingerprint density at radius 3 is 2.34 bits per heavy atom. The fourth-order valence-electron chi connectivity index (χ4n) is 2.99. The zero-order valence-electron chi connectivity index (χ0n) is 16.5. The van der Waals surface area contributed by atoms with Gasteiger partial charge in [-0.2, -0.15) is 0 Å². The third-order valence-corrected chi connectivity index (χ3v) is 4.66. The summed E-state index contributed by atoms with van der Waals surface area (Å²) in [6.45, 7) is 3.75. The molecule has 0 aromatic heterocycles. The van der Waals surface area contributed by atoms with E-state index in [1.165, 1.54) is 5.56 Å². The van der Waals surface area contributed by atoms with Gasteiger partial charge in [-0.3, -0.25) is 9.59 Å². The van der Waals surface area contributed by atoms with Crippen LogP contribution in [0.5, 0.6) is 5.75 Å². The van der Waals surface area contributed by atoms with Crippen molar-refractivity contribution in [3.63, 3.8) is 0 Å². The van der Waals surface area contributed by atoms with Gasteiger partial charge in [0.2, 0.25) is 0 Å². The van der Waals surface area contributed by atoms with Crippen molar-refractivity contribution < 1.29 is 23.9 Å². The van der Waals surface area contributed by atoms with Crippen LogP contribution in [-0.4, -0.2) is 42.6 Å². The van der Waals surface area contributed by atoms with Gasteiger partial charge >= 0.3 is 6.09 Å². The summed E-state index contributed by atoms with van der Waals surface area (Å²) < 4.78 is 10.3. The van der Waals surface area contributed by atoms with Gasteiger partial charge in [-0.1, -0.05) is 56.3 Å². The normalized spacial score (nSPS) is 14.7. The number of carbonyl (C=O) groups excluding carboxylic acids is 3. The quantitative estimate of drug-likeness (QED) is 0.741. The highest BCUT2D eigenvalue weighted by Crippen LogP contribution is 2.19. The largest absolute Gasteiger partial charge is 0.484 e. The minimum absolute atomic E-state index is 0.00347. The van der Waals surface area contributed by atoms with Crippen molar-refractivity contribution in [3.8, 4) is 5.75 Å². The number of hydrogen-bond acceptors (Lipinski definition) is 5. The van der Waals surface area contributed by atoms with Crippen molar-refractivity contribution in [2.24, 2.45) is 0 Å². The Balaban J connectivity index is 1.63. The van der Waals surface area contributed by atoms with E-state index in [4.69, 9.17) is 9.47 Å². The van der Waals surface area contributed by atoms with Gasteiger partial charge in [-0.15, -0.1) is 0 Å². The van der Waals surface area contributed by atoms with Gasteiger partial charge in [0, 0.05) is 0 Å². The highest BCUT2D eigenvalue weighted by Gasteiger charge is 2.33. The van der Waals surface area contributed by atoms with Gasteiger partial charge in [0.05, 0.1) is 12.6 Å².